The van der Waals surface area contributed by atoms with Crippen molar-refractivity contribution in [1.82, 2.24) is 9.88 Å². The van der Waals surface area contributed by atoms with Crippen molar-refractivity contribution in [1.29, 1.82) is 0 Å². The molecule has 6 heteroatoms. The summed E-state index contributed by atoms with van der Waals surface area (Å²) in [5, 5.41) is 0. The zero-order valence-electron chi connectivity index (χ0n) is 15.9. The first-order valence-corrected chi connectivity index (χ1v) is 9.02. The number of nitrogens with zero attached hydrogens (tertiary/aromatic N) is 2. The maximum Gasteiger partial charge on any atom is 0.272 e. The van der Waals surface area contributed by atoms with Crippen molar-refractivity contribution in [3.63, 3.8) is 0 Å². The minimum atomic E-state index is -0.231. The Bertz CT molecular complexity index is 850. The van der Waals surface area contributed by atoms with Crippen molar-refractivity contribution < 1.29 is 19.1 Å². The first-order valence-electron chi connectivity index (χ1n) is 9.02. The van der Waals surface area contributed by atoms with Crippen LogP contribution in [0.3, 0.4) is 0 Å². The minimum Gasteiger partial charge on any atom is -0.493 e. The number of aromatic nitrogens is 1. The van der Waals surface area contributed by atoms with Gasteiger partial charge in [-0.3, -0.25) is 9.59 Å². The number of amides is 1. The summed E-state index contributed by atoms with van der Waals surface area (Å²) >= 11 is 0. The number of methoxy groups -OCH3 is 2. The van der Waals surface area contributed by atoms with Gasteiger partial charge in [0.25, 0.3) is 5.91 Å². The SMILES string of the molecule is COc1ccc(C(=O)C2CCCN(C(=O)c3cccc(C)n3)C2)cc1OC. The topological polar surface area (TPSA) is 68.7 Å². The Morgan fingerprint density at radius 3 is 2.59 bits per heavy atom. The van der Waals surface area contributed by atoms with Crippen molar-refractivity contribution in [3.05, 3.63) is 53.3 Å². The van der Waals surface area contributed by atoms with Gasteiger partial charge >= 0.3 is 0 Å². The van der Waals surface area contributed by atoms with E-state index in [9.17, 15) is 9.59 Å². The number of pyridine rings is 1. The predicted molar refractivity (Wildman–Crippen MR) is 101 cm³/mol. The highest BCUT2D eigenvalue weighted by Gasteiger charge is 2.30. The number of hydrogen-bond donors (Lipinski definition) is 0. The Morgan fingerprint density at radius 1 is 1.11 bits per heavy atom. The van der Waals surface area contributed by atoms with E-state index in [2.05, 4.69) is 4.98 Å². The molecule has 1 aliphatic heterocycles. The summed E-state index contributed by atoms with van der Waals surface area (Å²) in [7, 11) is 3.10. The Balaban J connectivity index is 1.76. The predicted octanol–water partition coefficient (Wildman–Crippen LogP) is 3.14. The van der Waals surface area contributed by atoms with Gasteiger partial charge in [0.2, 0.25) is 0 Å². The minimum absolute atomic E-state index is 0.0191. The number of likely N-dealkylation sites (tertiary alicyclic amines) is 1. The maximum absolute atomic E-state index is 13.0. The molecule has 1 unspecified atom stereocenters. The molecular weight excluding hydrogens is 344 g/mol. The lowest BCUT2D eigenvalue weighted by Gasteiger charge is -2.32. The largest absolute Gasteiger partial charge is 0.493 e. The van der Waals surface area contributed by atoms with Crippen molar-refractivity contribution in [3.8, 4) is 11.5 Å². The summed E-state index contributed by atoms with van der Waals surface area (Å²) in [5.74, 6) is 0.774. The van der Waals surface area contributed by atoms with Crippen LogP contribution in [0.15, 0.2) is 36.4 Å². The summed E-state index contributed by atoms with van der Waals surface area (Å²) in [6.45, 7) is 2.90. The van der Waals surface area contributed by atoms with Crippen molar-refractivity contribution in [2.75, 3.05) is 27.3 Å². The lowest BCUT2D eigenvalue weighted by Crippen LogP contribution is -2.42. The average molecular weight is 368 g/mol. The highest BCUT2D eigenvalue weighted by Crippen LogP contribution is 2.30. The number of carbonyl (C=O) groups excluding carboxylic acids is 2. The number of benzene rings is 1. The van der Waals surface area contributed by atoms with Gasteiger partial charge in [-0.2, -0.15) is 0 Å². The molecule has 0 bridgehead atoms. The molecule has 0 radical (unpaired) electrons. The number of piperidine rings is 1. The molecule has 2 heterocycles. The second-order valence-electron chi connectivity index (χ2n) is 6.69. The first-order chi connectivity index (χ1) is 13.0. The highest BCUT2D eigenvalue weighted by molar-refractivity contribution is 5.99. The fraction of sp³-hybridized carbons (Fsp3) is 0.381. The van der Waals surface area contributed by atoms with E-state index in [4.69, 9.17) is 9.47 Å². The van der Waals surface area contributed by atoms with Gasteiger partial charge in [0.15, 0.2) is 17.3 Å². The number of rotatable bonds is 5. The molecule has 1 atom stereocenters. The zero-order chi connectivity index (χ0) is 19.4. The average Bonchev–Trinajstić information content (AvgIpc) is 2.72. The van der Waals surface area contributed by atoms with E-state index < -0.39 is 0 Å². The van der Waals surface area contributed by atoms with Gasteiger partial charge in [0.1, 0.15) is 5.69 Å². The molecular formula is C21H24N2O4. The van der Waals surface area contributed by atoms with Crippen LogP contribution in [0.4, 0.5) is 0 Å². The molecule has 6 nitrogen and oxygen atoms in total. The summed E-state index contributed by atoms with van der Waals surface area (Å²) < 4.78 is 10.5. The first kappa shape index (κ1) is 18.9. The summed E-state index contributed by atoms with van der Waals surface area (Å²) in [5.41, 5.74) is 1.80. The van der Waals surface area contributed by atoms with E-state index >= 15 is 0 Å². The fourth-order valence-electron chi connectivity index (χ4n) is 3.42. The van der Waals surface area contributed by atoms with Crippen LogP contribution in [0.25, 0.3) is 0 Å². The summed E-state index contributed by atoms with van der Waals surface area (Å²) in [4.78, 5) is 31.8. The lowest BCUT2D eigenvalue weighted by molar-refractivity contribution is 0.0632. The molecule has 1 aromatic heterocycles. The molecule has 27 heavy (non-hydrogen) atoms. The molecule has 0 N–H and O–H groups in total. The lowest BCUT2D eigenvalue weighted by atomic mass is 9.89. The van der Waals surface area contributed by atoms with Gasteiger partial charge in [-0.05, 0) is 50.1 Å². The third-order valence-electron chi connectivity index (χ3n) is 4.85. The molecule has 142 valence electrons. The van der Waals surface area contributed by atoms with E-state index in [1.54, 1.807) is 43.4 Å². The zero-order valence-corrected chi connectivity index (χ0v) is 15.9. The third-order valence-corrected chi connectivity index (χ3v) is 4.85. The molecule has 0 aliphatic carbocycles. The fourth-order valence-corrected chi connectivity index (χ4v) is 3.42. The Kier molecular flexibility index (Phi) is 5.74. The number of aryl methyl sites for hydroxylation is 1. The van der Waals surface area contributed by atoms with Gasteiger partial charge in [0.05, 0.1) is 14.2 Å². The Morgan fingerprint density at radius 2 is 1.89 bits per heavy atom. The molecule has 1 fully saturated rings. The van der Waals surface area contributed by atoms with E-state index in [0.717, 1.165) is 18.5 Å². The monoisotopic (exact) mass is 368 g/mol. The molecule has 1 saturated heterocycles. The van der Waals surface area contributed by atoms with E-state index in [1.807, 2.05) is 19.1 Å². The van der Waals surface area contributed by atoms with Gasteiger partial charge in [-0.25, -0.2) is 4.98 Å². The smallest absolute Gasteiger partial charge is 0.272 e. The quantitative estimate of drug-likeness (QED) is 0.759. The summed E-state index contributed by atoms with van der Waals surface area (Å²) in [6, 6.07) is 10.6. The highest BCUT2D eigenvalue weighted by atomic mass is 16.5. The molecule has 1 amide bonds. The molecule has 0 spiro atoms. The van der Waals surface area contributed by atoms with Crippen molar-refractivity contribution >= 4 is 11.7 Å². The Hall–Kier alpha value is -2.89. The van der Waals surface area contributed by atoms with Gasteiger partial charge in [-0.1, -0.05) is 6.07 Å². The van der Waals surface area contributed by atoms with Crippen LogP contribution in [-0.2, 0) is 0 Å². The standard InChI is InChI=1S/C21H24N2O4/c1-14-6-4-8-17(22-14)21(25)23-11-5-7-16(13-23)20(24)15-9-10-18(26-2)19(12-15)27-3/h4,6,8-10,12,16H,5,7,11,13H2,1-3H3. The van der Waals surface area contributed by atoms with Gasteiger partial charge in [0, 0.05) is 30.3 Å². The second kappa shape index (κ2) is 8.20. The van der Waals surface area contributed by atoms with E-state index in [0.29, 0.717) is 35.8 Å². The molecule has 1 aromatic carbocycles. The van der Waals surface area contributed by atoms with Crippen LogP contribution in [0.5, 0.6) is 11.5 Å². The number of ketones is 1. The number of Topliss-reactive ketones (excluding diaryl/α,β-unsaturated/α-hetero) is 1. The molecule has 0 saturated carbocycles. The van der Waals surface area contributed by atoms with Crippen LogP contribution in [0, 0.1) is 12.8 Å². The third kappa shape index (κ3) is 4.10. The van der Waals surface area contributed by atoms with E-state index in [1.165, 1.54) is 0 Å². The number of carbonyl (C=O) groups is 2. The van der Waals surface area contributed by atoms with Gasteiger partial charge in [-0.15, -0.1) is 0 Å². The van der Waals surface area contributed by atoms with Crippen LogP contribution < -0.4 is 9.47 Å². The van der Waals surface area contributed by atoms with Crippen LogP contribution in [0.2, 0.25) is 0 Å². The van der Waals surface area contributed by atoms with Crippen molar-refractivity contribution in [2.24, 2.45) is 5.92 Å². The second-order valence-corrected chi connectivity index (χ2v) is 6.69. The molecule has 1 aliphatic rings. The Labute approximate surface area is 159 Å². The summed E-state index contributed by atoms with van der Waals surface area (Å²) in [6.07, 6.45) is 1.56. The van der Waals surface area contributed by atoms with Crippen molar-refractivity contribution in [2.45, 2.75) is 19.8 Å². The van der Waals surface area contributed by atoms with Crippen LogP contribution in [-0.4, -0.2) is 48.9 Å². The van der Waals surface area contributed by atoms with Crippen LogP contribution in [0.1, 0.15) is 39.4 Å². The number of hydrogen-bond acceptors (Lipinski definition) is 5. The number of ether oxygens (including phenoxy) is 2. The molecule has 2 aromatic rings. The van der Waals surface area contributed by atoms with Gasteiger partial charge < -0.3 is 14.4 Å². The normalized spacial score (nSPS) is 16.7. The van der Waals surface area contributed by atoms with E-state index in [-0.39, 0.29) is 17.6 Å². The maximum atomic E-state index is 13.0. The van der Waals surface area contributed by atoms with Crippen LogP contribution >= 0.6 is 0 Å². The molecule has 3 rings (SSSR count).